The highest BCUT2D eigenvalue weighted by Gasteiger charge is 2.20. The fourth-order valence-corrected chi connectivity index (χ4v) is 0.635. The molecule has 0 aromatic rings. The van der Waals surface area contributed by atoms with Gasteiger partial charge in [0.1, 0.15) is 0 Å². The summed E-state index contributed by atoms with van der Waals surface area (Å²) in [6.07, 6.45) is -1.41. The van der Waals surface area contributed by atoms with Gasteiger partial charge in [-0.25, -0.2) is 0 Å². The van der Waals surface area contributed by atoms with E-state index in [4.69, 9.17) is 21.1 Å². The van der Waals surface area contributed by atoms with Gasteiger partial charge in [0.05, 0.1) is 24.9 Å². The Bertz CT molecular complexity index is 79.1. The number of aliphatic hydroxyl groups is 3. The Balaban J connectivity index is 3.69. The van der Waals surface area contributed by atoms with Gasteiger partial charge in [0, 0.05) is 0 Å². The van der Waals surface area contributed by atoms with Crippen LogP contribution in [0.1, 0.15) is 13.3 Å². The monoisotopic (exact) mass is 149 g/mol. The van der Waals surface area contributed by atoms with E-state index in [0.717, 1.165) is 0 Å². The molecule has 0 fully saturated rings. The summed E-state index contributed by atoms with van der Waals surface area (Å²) in [4.78, 5) is 0. The Kier molecular flexibility index (Phi) is 4.55. The Hall–Kier alpha value is -0.160. The van der Waals surface area contributed by atoms with Crippen LogP contribution in [0.5, 0.6) is 0 Å². The lowest BCUT2D eigenvalue weighted by atomic mass is 10.1. The van der Waals surface area contributed by atoms with Crippen LogP contribution in [0.2, 0.25) is 0 Å². The Morgan fingerprint density at radius 2 is 1.90 bits per heavy atom. The van der Waals surface area contributed by atoms with E-state index in [0.29, 0.717) is 6.42 Å². The molecule has 5 N–H and O–H groups in total. The molecule has 3 atom stereocenters. The van der Waals surface area contributed by atoms with E-state index in [-0.39, 0.29) is 6.61 Å². The molecule has 0 rings (SSSR count). The highest BCUT2D eigenvalue weighted by molar-refractivity contribution is 4.76. The molecule has 0 radical (unpaired) electrons. The van der Waals surface area contributed by atoms with Gasteiger partial charge in [0.25, 0.3) is 0 Å². The summed E-state index contributed by atoms with van der Waals surface area (Å²) in [6.45, 7) is 1.43. The van der Waals surface area contributed by atoms with Crippen molar-refractivity contribution in [1.82, 2.24) is 0 Å². The van der Waals surface area contributed by atoms with Crippen LogP contribution < -0.4 is 5.73 Å². The average Bonchev–Trinajstić information content (AvgIpc) is 2.00. The third kappa shape index (κ3) is 2.62. The fourth-order valence-electron chi connectivity index (χ4n) is 0.635. The minimum Gasteiger partial charge on any atom is -0.395 e. The van der Waals surface area contributed by atoms with Crippen LogP contribution in [0.15, 0.2) is 0 Å². The van der Waals surface area contributed by atoms with Crippen LogP contribution in [-0.4, -0.2) is 40.2 Å². The van der Waals surface area contributed by atoms with Crippen LogP contribution in [-0.2, 0) is 0 Å². The van der Waals surface area contributed by atoms with Crippen molar-refractivity contribution >= 4 is 0 Å². The van der Waals surface area contributed by atoms with Crippen LogP contribution in [0, 0.1) is 0 Å². The molecule has 0 saturated carbocycles. The highest BCUT2D eigenvalue weighted by atomic mass is 16.3. The van der Waals surface area contributed by atoms with E-state index in [1.54, 1.807) is 6.92 Å². The van der Waals surface area contributed by atoms with Crippen molar-refractivity contribution in [2.75, 3.05) is 6.61 Å². The summed E-state index contributed by atoms with van der Waals surface area (Å²) < 4.78 is 0. The number of hydrogen-bond donors (Lipinski definition) is 4. The zero-order valence-corrected chi connectivity index (χ0v) is 6.07. The van der Waals surface area contributed by atoms with E-state index in [1.165, 1.54) is 0 Å². The van der Waals surface area contributed by atoms with Crippen LogP contribution in [0.25, 0.3) is 0 Å². The summed E-state index contributed by atoms with van der Waals surface area (Å²) in [6, 6.07) is -0.741. The summed E-state index contributed by atoms with van der Waals surface area (Å²) in [5, 5.41) is 26.5. The molecule has 0 aliphatic carbocycles. The predicted octanol–water partition coefficient (Wildman–Crippen LogP) is -1.56. The molecule has 0 amide bonds. The smallest absolute Gasteiger partial charge is 0.0971 e. The maximum atomic E-state index is 9.05. The summed E-state index contributed by atoms with van der Waals surface area (Å²) in [5.41, 5.74) is 5.23. The van der Waals surface area contributed by atoms with Gasteiger partial charge in [0.15, 0.2) is 0 Å². The van der Waals surface area contributed by atoms with Gasteiger partial charge < -0.3 is 21.1 Å². The number of nitrogens with two attached hydrogens (primary N) is 1. The number of aliphatic hydroxyl groups excluding tert-OH is 3. The first-order chi connectivity index (χ1) is 4.63. The van der Waals surface area contributed by atoms with Gasteiger partial charge >= 0.3 is 0 Å². The SMILES string of the molecule is CCC(O)C(O)C(N)CO. The maximum Gasteiger partial charge on any atom is 0.0971 e. The normalized spacial score (nSPS) is 20.1. The van der Waals surface area contributed by atoms with Crippen molar-refractivity contribution < 1.29 is 15.3 Å². The first-order valence-corrected chi connectivity index (χ1v) is 3.36. The Morgan fingerprint density at radius 1 is 1.40 bits per heavy atom. The second-order valence-electron chi connectivity index (χ2n) is 2.31. The Labute approximate surface area is 60.3 Å². The molecule has 0 aromatic carbocycles. The van der Waals surface area contributed by atoms with Gasteiger partial charge in [-0.1, -0.05) is 6.92 Å². The molecule has 0 aliphatic rings. The van der Waals surface area contributed by atoms with E-state index >= 15 is 0 Å². The van der Waals surface area contributed by atoms with Gasteiger partial charge in [-0.3, -0.25) is 0 Å². The lowest BCUT2D eigenvalue weighted by Crippen LogP contribution is -2.45. The standard InChI is InChI=1S/C6H15NO3/c1-2-5(9)6(10)4(7)3-8/h4-6,8-10H,2-3,7H2,1H3. The molecule has 10 heavy (non-hydrogen) atoms. The molecule has 4 nitrogen and oxygen atoms in total. The third-order valence-electron chi connectivity index (χ3n) is 1.46. The van der Waals surface area contributed by atoms with Crippen molar-refractivity contribution in [3.8, 4) is 0 Å². The summed E-state index contributed by atoms with van der Waals surface area (Å²) in [5.74, 6) is 0. The van der Waals surface area contributed by atoms with E-state index < -0.39 is 18.2 Å². The van der Waals surface area contributed by atoms with Gasteiger partial charge in [-0.15, -0.1) is 0 Å². The molecule has 4 heteroatoms. The molecule has 0 aliphatic heterocycles. The topological polar surface area (TPSA) is 86.7 Å². The van der Waals surface area contributed by atoms with Crippen molar-refractivity contribution in [2.24, 2.45) is 5.73 Å². The molecule has 62 valence electrons. The molecule has 0 aromatic heterocycles. The molecule has 3 unspecified atom stereocenters. The van der Waals surface area contributed by atoms with Crippen molar-refractivity contribution in [3.63, 3.8) is 0 Å². The number of rotatable bonds is 4. The van der Waals surface area contributed by atoms with Gasteiger partial charge in [-0.2, -0.15) is 0 Å². The minimum absolute atomic E-state index is 0.307. The fraction of sp³-hybridized carbons (Fsp3) is 1.00. The molecular formula is C6H15NO3. The average molecular weight is 149 g/mol. The third-order valence-corrected chi connectivity index (χ3v) is 1.46. The van der Waals surface area contributed by atoms with Gasteiger partial charge in [0.2, 0.25) is 0 Å². The van der Waals surface area contributed by atoms with E-state index in [1.807, 2.05) is 0 Å². The van der Waals surface area contributed by atoms with Crippen molar-refractivity contribution in [1.29, 1.82) is 0 Å². The minimum atomic E-state index is -1.02. The first kappa shape index (κ1) is 9.84. The summed E-state index contributed by atoms with van der Waals surface area (Å²) in [7, 11) is 0. The molecule has 0 bridgehead atoms. The Morgan fingerprint density at radius 3 is 2.20 bits per heavy atom. The van der Waals surface area contributed by atoms with Gasteiger partial charge in [-0.05, 0) is 6.42 Å². The highest BCUT2D eigenvalue weighted by Crippen LogP contribution is 2.00. The molecule has 0 spiro atoms. The lowest BCUT2D eigenvalue weighted by Gasteiger charge is -2.20. The zero-order chi connectivity index (χ0) is 8.15. The van der Waals surface area contributed by atoms with Crippen molar-refractivity contribution in [2.45, 2.75) is 31.6 Å². The lowest BCUT2D eigenvalue weighted by molar-refractivity contribution is -0.00852. The largest absolute Gasteiger partial charge is 0.395 e. The maximum absolute atomic E-state index is 9.05. The first-order valence-electron chi connectivity index (χ1n) is 3.36. The molecular weight excluding hydrogens is 134 g/mol. The second-order valence-corrected chi connectivity index (χ2v) is 2.31. The molecule has 0 saturated heterocycles. The molecule has 0 heterocycles. The quantitative estimate of drug-likeness (QED) is 0.389. The van der Waals surface area contributed by atoms with Crippen LogP contribution in [0.4, 0.5) is 0 Å². The van der Waals surface area contributed by atoms with Crippen molar-refractivity contribution in [3.05, 3.63) is 0 Å². The number of hydrogen-bond acceptors (Lipinski definition) is 4. The summed E-state index contributed by atoms with van der Waals surface area (Å²) >= 11 is 0. The van der Waals surface area contributed by atoms with Crippen LogP contribution >= 0.6 is 0 Å². The van der Waals surface area contributed by atoms with E-state index in [2.05, 4.69) is 0 Å². The predicted molar refractivity (Wildman–Crippen MR) is 37.4 cm³/mol. The van der Waals surface area contributed by atoms with E-state index in [9.17, 15) is 0 Å². The van der Waals surface area contributed by atoms with Crippen LogP contribution in [0.3, 0.4) is 0 Å². The zero-order valence-electron chi connectivity index (χ0n) is 6.07. The second kappa shape index (κ2) is 4.62.